The van der Waals surface area contributed by atoms with E-state index in [1.54, 1.807) is 54.6 Å². The highest BCUT2D eigenvalue weighted by Gasteiger charge is 2.31. The van der Waals surface area contributed by atoms with Gasteiger partial charge in [-0.1, -0.05) is 60.7 Å². The summed E-state index contributed by atoms with van der Waals surface area (Å²) in [5.74, 6) is -6.28. The van der Waals surface area contributed by atoms with Gasteiger partial charge in [0.2, 0.25) is 23.6 Å². The number of hydrogen-bond donors (Lipinski definition) is 7. The molecule has 0 spiro atoms. The molecule has 0 heterocycles. The monoisotopic (exact) mass is 555 g/mol. The van der Waals surface area contributed by atoms with E-state index in [1.165, 1.54) is 0 Å². The van der Waals surface area contributed by atoms with E-state index in [1.807, 2.05) is 6.07 Å². The number of aliphatic carboxylic acids is 2. The Balaban J connectivity index is 2.23. The Labute approximate surface area is 230 Å². The van der Waals surface area contributed by atoms with Gasteiger partial charge in [0.1, 0.15) is 18.1 Å². The normalized spacial score (nSPS) is 13.6. The standard InChI is InChI=1S/C27H33N5O8/c28-18(13-16-7-3-1-4-8-16)24(36)31-20(14-17-9-5-2-6-10-17)26(38)30-19(11-12-23(34)35)25(37)32-21(27(39)40)15-22(29)33/h1-10,18-21H,11-15,28H2,(H2,29,33)(H,30,38)(H,31,36)(H,32,37)(H,34,35)(H,39,40). The van der Waals surface area contributed by atoms with Gasteiger partial charge in [-0.25, -0.2) is 4.79 Å². The number of benzene rings is 2. The van der Waals surface area contributed by atoms with E-state index in [0.29, 0.717) is 5.56 Å². The fraction of sp³-hybridized carbons (Fsp3) is 0.333. The third kappa shape index (κ3) is 10.9. The van der Waals surface area contributed by atoms with Crippen LogP contribution < -0.4 is 27.4 Å². The van der Waals surface area contributed by atoms with Crippen LogP contribution in [0.1, 0.15) is 30.4 Å². The Morgan fingerprint density at radius 1 is 0.675 bits per heavy atom. The molecular formula is C27H33N5O8. The van der Waals surface area contributed by atoms with Crippen LogP contribution in [0.3, 0.4) is 0 Å². The number of carboxylic acid groups (broad SMARTS) is 2. The van der Waals surface area contributed by atoms with Crippen molar-refractivity contribution in [2.45, 2.75) is 56.3 Å². The first-order valence-electron chi connectivity index (χ1n) is 12.4. The first kappa shape index (κ1) is 31.4. The lowest BCUT2D eigenvalue weighted by atomic mass is 10.0. The molecule has 2 aromatic rings. The summed E-state index contributed by atoms with van der Waals surface area (Å²) < 4.78 is 0. The van der Waals surface area contributed by atoms with E-state index in [4.69, 9.17) is 16.6 Å². The summed E-state index contributed by atoms with van der Waals surface area (Å²) in [5.41, 5.74) is 12.6. The van der Waals surface area contributed by atoms with E-state index in [-0.39, 0.29) is 12.8 Å². The largest absolute Gasteiger partial charge is 0.481 e. The number of primary amides is 1. The van der Waals surface area contributed by atoms with Crippen molar-refractivity contribution < 1.29 is 39.0 Å². The molecule has 4 amide bonds. The Morgan fingerprint density at radius 2 is 1.15 bits per heavy atom. The predicted octanol–water partition coefficient (Wildman–Crippen LogP) is -0.922. The SMILES string of the molecule is NC(=O)CC(NC(=O)C(CCC(=O)O)NC(=O)C(Cc1ccccc1)NC(=O)C(N)Cc1ccccc1)C(=O)O. The van der Waals surface area contributed by atoms with Gasteiger partial charge in [0, 0.05) is 12.8 Å². The molecule has 0 aliphatic carbocycles. The fourth-order valence-electron chi connectivity index (χ4n) is 3.78. The number of nitrogens with one attached hydrogen (secondary N) is 3. The Kier molecular flexibility index (Phi) is 12.3. The quantitative estimate of drug-likeness (QED) is 0.135. The minimum Gasteiger partial charge on any atom is -0.481 e. The molecule has 0 fully saturated rings. The molecule has 0 aromatic heterocycles. The van der Waals surface area contributed by atoms with Crippen LogP contribution in [-0.2, 0) is 41.6 Å². The summed E-state index contributed by atoms with van der Waals surface area (Å²) in [7, 11) is 0. The number of nitrogens with two attached hydrogens (primary N) is 2. The minimum atomic E-state index is -1.69. The zero-order chi connectivity index (χ0) is 29.7. The van der Waals surface area contributed by atoms with Crippen LogP contribution in [0.2, 0.25) is 0 Å². The van der Waals surface area contributed by atoms with Gasteiger partial charge in [-0.15, -0.1) is 0 Å². The molecule has 4 atom stereocenters. The Morgan fingerprint density at radius 3 is 1.65 bits per heavy atom. The van der Waals surface area contributed by atoms with Crippen molar-refractivity contribution in [3.8, 4) is 0 Å². The summed E-state index contributed by atoms with van der Waals surface area (Å²) in [6.45, 7) is 0. The molecule has 0 radical (unpaired) electrons. The number of hydrogen-bond acceptors (Lipinski definition) is 7. The molecule has 0 aliphatic heterocycles. The van der Waals surface area contributed by atoms with Crippen molar-refractivity contribution in [3.63, 3.8) is 0 Å². The van der Waals surface area contributed by atoms with E-state index in [0.717, 1.165) is 5.56 Å². The molecule has 4 unspecified atom stereocenters. The molecule has 0 bridgehead atoms. The lowest BCUT2D eigenvalue weighted by Crippen LogP contribution is -2.58. The average Bonchev–Trinajstić information content (AvgIpc) is 2.90. The second-order valence-electron chi connectivity index (χ2n) is 9.11. The maximum Gasteiger partial charge on any atom is 0.326 e. The first-order chi connectivity index (χ1) is 19.0. The minimum absolute atomic E-state index is 0.0170. The van der Waals surface area contributed by atoms with Crippen LogP contribution in [0, 0.1) is 0 Å². The average molecular weight is 556 g/mol. The molecule has 9 N–H and O–H groups in total. The molecule has 0 aliphatic rings. The third-order valence-corrected chi connectivity index (χ3v) is 5.85. The van der Waals surface area contributed by atoms with Gasteiger partial charge < -0.3 is 37.6 Å². The molecule has 214 valence electrons. The molecule has 40 heavy (non-hydrogen) atoms. The predicted molar refractivity (Wildman–Crippen MR) is 142 cm³/mol. The second kappa shape index (κ2) is 15.6. The summed E-state index contributed by atoms with van der Waals surface area (Å²) in [6.07, 6.45) is -1.43. The maximum atomic E-state index is 13.3. The highest BCUT2D eigenvalue weighted by atomic mass is 16.4. The number of rotatable bonds is 16. The van der Waals surface area contributed by atoms with Crippen LogP contribution in [0.4, 0.5) is 0 Å². The van der Waals surface area contributed by atoms with Crippen LogP contribution in [0.5, 0.6) is 0 Å². The highest BCUT2D eigenvalue weighted by Crippen LogP contribution is 2.08. The van der Waals surface area contributed by atoms with Gasteiger partial charge in [-0.2, -0.15) is 0 Å². The van der Waals surface area contributed by atoms with Crippen molar-refractivity contribution in [3.05, 3.63) is 71.8 Å². The van der Waals surface area contributed by atoms with Crippen molar-refractivity contribution in [2.75, 3.05) is 0 Å². The van der Waals surface area contributed by atoms with E-state index in [9.17, 15) is 33.9 Å². The lowest BCUT2D eigenvalue weighted by molar-refractivity contribution is -0.144. The lowest BCUT2D eigenvalue weighted by Gasteiger charge is -2.25. The van der Waals surface area contributed by atoms with Gasteiger partial charge in [-0.05, 0) is 24.0 Å². The van der Waals surface area contributed by atoms with E-state index < -0.39 is 79.0 Å². The molecular weight excluding hydrogens is 522 g/mol. The smallest absolute Gasteiger partial charge is 0.326 e. The second-order valence-corrected chi connectivity index (χ2v) is 9.11. The van der Waals surface area contributed by atoms with Crippen molar-refractivity contribution in [2.24, 2.45) is 11.5 Å². The van der Waals surface area contributed by atoms with Gasteiger partial charge in [0.15, 0.2) is 0 Å². The zero-order valence-electron chi connectivity index (χ0n) is 21.6. The van der Waals surface area contributed by atoms with Gasteiger partial charge in [0.05, 0.1) is 12.5 Å². The van der Waals surface area contributed by atoms with Crippen molar-refractivity contribution >= 4 is 35.6 Å². The van der Waals surface area contributed by atoms with Crippen molar-refractivity contribution in [1.82, 2.24) is 16.0 Å². The highest BCUT2D eigenvalue weighted by molar-refractivity contribution is 5.95. The fourth-order valence-corrected chi connectivity index (χ4v) is 3.78. The molecule has 0 saturated heterocycles. The van der Waals surface area contributed by atoms with Crippen LogP contribution >= 0.6 is 0 Å². The molecule has 13 nitrogen and oxygen atoms in total. The Bertz CT molecular complexity index is 1190. The van der Waals surface area contributed by atoms with E-state index in [2.05, 4.69) is 16.0 Å². The molecule has 2 rings (SSSR count). The van der Waals surface area contributed by atoms with E-state index >= 15 is 0 Å². The zero-order valence-corrected chi connectivity index (χ0v) is 21.6. The van der Waals surface area contributed by atoms with Crippen LogP contribution in [0.15, 0.2) is 60.7 Å². The number of carboxylic acids is 2. The number of amides is 4. The first-order valence-corrected chi connectivity index (χ1v) is 12.4. The number of carbonyl (C=O) groups is 6. The van der Waals surface area contributed by atoms with Gasteiger partial charge >= 0.3 is 11.9 Å². The molecule has 0 saturated carbocycles. The molecule has 2 aromatic carbocycles. The summed E-state index contributed by atoms with van der Waals surface area (Å²) in [6, 6.07) is 12.3. The van der Waals surface area contributed by atoms with Crippen LogP contribution in [0.25, 0.3) is 0 Å². The maximum absolute atomic E-state index is 13.3. The summed E-state index contributed by atoms with van der Waals surface area (Å²) in [4.78, 5) is 72.9. The summed E-state index contributed by atoms with van der Waals surface area (Å²) >= 11 is 0. The summed E-state index contributed by atoms with van der Waals surface area (Å²) in [5, 5.41) is 25.5. The van der Waals surface area contributed by atoms with Crippen LogP contribution in [-0.4, -0.2) is 69.9 Å². The van der Waals surface area contributed by atoms with Gasteiger partial charge in [0.25, 0.3) is 0 Å². The van der Waals surface area contributed by atoms with Crippen molar-refractivity contribution in [1.29, 1.82) is 0 Å². The third-order valence-electron chi connectivity index (χ3n) is 5.85. The van der Waals surface area contributed by atoms with Gasteiger partial charge in [-0.3, -0.25) is 24.0 Å². The Hall–Kier alpha value is -4.78. The number of carbonyl (C=O) groups excluding carboxylic acids is 4. The topological polar surface area (TPSA) is 231 Å². The molecule has 13 heteroatoms.